The molecule has 0 unspecified atom stereocenters. The van der Waals surface area contributed by atoms with Gasteiger partial charge in [0.1, 0.15) is 0 Å². The molecule has 1 aromatic rings. The highest BCUT2D eigenvalue weighted by Gasteiger charge is 2.33. The molecule has 2 nitrogen and oxygen atoms in total. The van der Waals surface area contributed by atoms with Gasteiger partial charge in [0.15, 0.2) is 5.78 Å². The molecule has 1 aromatic carbocycles. The lowest BCUT2D eigenvalue weighted by atomic mass is 9.92. The van der Waals surface area contributed by atoms with Crippen LogP contribution in [0.1, 0.15) is 64.5 Å². The Labute approximate surface area is 161 Å². The van der Waals surface area contributed by atoms with Crippen LogP contribution in [0.2, 0.25) is 0 Å². The van der Waals surface area contributed by atoms with Crippen LogP contribution < -0.4 is 0 Å². The molecular formula is C22H32F3NO. The van der Waals surface area contributed by atoms with Crippen LogP contribution in [0.25, 0.3) is 0 Å². The first-order valence-corrected chi connectivity index (χ1v) is 10.0. The molecule has 1 aliphatic carbocycles. The van der Waals surface area contributed by atoms with Crippen molar-refractivity contribution in [1.29, 1.82) is 0 Å². The maximum atomic E-state index is 13.0. The first-order chi connectivity index (χ1) is 12.6. The summed E-state index contributed by atoms with van der Waals surface area (Å²) in [5.74, 6) is 0.679. The molecule has 0 amide bonds. The van der Waals surface area contributed by atoms with Crippen LogP contribution in [0.3, 0.4) is 0 Å². The Morgan fingerprint density at radius 1 is 1.07 bits per heavy atom. The summed E-state index contributed by atoms with van der Waals surface area (Å²) in [6.45, 7) is 8.89. The zero-order valence-electron chi connectivity index (χ0n) is 16.9. The summed E-state index contributed by atoms with van der Waals surface area (Å²) < 4.78 is 38.4. The molecule has 27 heavy (non-hydrogen) atoms. The highest BCUT2D eigenvalue weighted by Crippen LogP contribution is 2.30. The van der Waals surface area contributed by atoms with E-state index in [4.69, 9.17) is 0 Å². The van der Waals surface area contributed by atoms with E-state index in [1.54, 1.807) is 0 Å². The van der Waals surface area contributed by atoms with E-state index in [0.29, 0.717) is 12.3 Å². The number of alkyl halides is 3. The van der Waals surface area contributed by atoms with E-state index in [1.807, 2.05) is 13.8 Å². The standard InChI is InChI=1S/C22H32F3NO/c1-15(2)21(27)20(26(16(3)4)14-18-7-5-6-8-18)13-17-9-11-19(12-10-17)22(23,24)25/h9-12,15-16,18,20H,5-8,13-14H2,1-4H3/t20-/m0/s1. The lowest BCUT2D eigenvalue weighted by Gasteiger charge is -2.37. The molecule has 5 heteroatoms. The second-order valence-electron chi connectivity index (χ2n) is 8.41. The Morgan fingerprint density at radius 2 is 1.63 bits per heavy atom. The topological polar surface area (TPSA) is 20.3 Å². The molecule has 152 valence electrons. The van der Waals surface area contributed by atoms with Crippen LogP contribution in [0.4, 0.5) is 13.2 Å². The highest BCUT2D eigenvalue weighted by molar-refractivity contribution is 5.86. The van der Waals surface area contributed by atoms with E-state index in [0.717, 1.165) is 24.2 Å². The zero-order valence-corrected chi connectivity index (χ0v) is 16.9. The second kappa shape index (κ2) is 9.22. The van der Waals surface area contributed by atoms with Crippen LogP contribution in [-0.2, 0) is 17.4 Å². The summed E-state index contributed by atoms with van der Waals surface area (Å²) in [5.41, 5.74) is 0.128. The minimum absolute atomic E-state index is 0.103. The van der Waals surface area contributed by atoms with Gasteiger partial charge in [0.25, 0.3) is 0 Å². The molecule has 0 radical (unpaired) electrons. The smallest absolute Gasteiger partial charge is 0.298 e. The van der Waals surface area contributed by atoms with Crippen LogP contribution in [0.5, 0.6) is 0 Å². The van der Waals surface area contributed by atoms with Crippen molar-refractivity contribution < 1.29 is 18.0 Å². The number of rotatable bonds is 8. The first kappa shape index (κ1) is 21.9. The number of carbonyl (C=O) groups excluding carboxylic acids is 1. The molecule has 0 aromatic heterocycles. The third-order valence-corrected chi connectivity index (χ3v) is 5.62. The largest absolute Gasteiger partial charge is 0.416 e. The SMILES string of the molecule is CC(C)C(=O)[C@H](Cc1ccc(C(F)(F)F)cc1)N(CC1CCCC1)C(C)C. The summed E-state index contributed by atoms with van der Waals surface area (Å²) >= 11 is 0. The minimum Gasteiger partial charge on any atom is -0.298 e. The van der Waals surface area contributed by atoms with E-state index >= 15 is 0 Å². The predicted molar refractivity (Wildman–Crippen MR) is 103 cm³/mol. The van der Waals surface area contributed by atoms with Crippen molar-refractivity contribution >= 4 is 5.78 Å². The molecule has 0 N–H and O–H groups in total. The number of hydrogen-bond donors (Lipinski definition) is 0. The van der Waals surface area contributed by atoms with Crippen molar-refractivity contribution in [1.82, 2.24) is 4.90 Å². The molecular weight excluding hydrogens is 351 g/mol. The minimum atomic E-state index is -4.34. The fourth-order valence-electron chi connectivity index (χ4n) is 4.01. The number of Topliss-reactive ketones (excluding diaryl/α,β-unsaturated/α-hetero) is 1. The van der Waals surface area contributed by atoms with E-state index in [9.17, 15) is 18.0 Å². The summed E-state index contributed by atoms with van der Waals surface area (Å²) in [4.78, 5) is 15.2. The van der Waals surface area contributed by atoms with Gasteiger partial charge in [-0.15, -0.1) is 0 Å². The predicted octanol–water partition coefficient (Wildman–Crippen LogP) is 5.74. The van der Waals surface area contributed by atoms with Gasteiger partial charge < -0.3 is 0 Å². The average molecular weight is 383 g/mol. The number of nitrogens with zero attached hydrogens (tertiary/aromatic N) is 1. The molecule has 0 heterocycles. The summed E-state index contributed by atoms with van der Waals surface area (Å²) in [5, 5.41) is 0. The number of hydrogen-bond acceptors (Lipinski definition) is 2. The first-order valence-electron chi connectivity index (χ1n) is 10.0. The maximum absolute atomic E-state index is 13.0. The molecule has 0 aliphatic heterocycles. The van der Waals surface area contributed by atoms with Crippen molar-refractivity contribution in [3.63, 3.8) is 0 Å². The number of carbonyl (C=O) groups is 1. The lowest BCUT2D eigenvalue weighted by molar-refractivity contribution is -0.137. The Bertz CT molecular complexity index is 601. The third-order valence-electron chi connectivity index (χ3n) is 5.62. The van der Waals surface area contributed by atoms with Gasteiger partial charge in [-0.1, -0.05) is 38.8 Å². The Morgan fingerprint density at radius 3 is 2.07 bits per heavy atom. The van der Waals surface area contributed by atoms with Gasteiger partial charge in [0.2, 0.25) is 0 Å². The maximum Gasteiger partial charge on any atom is 0.416 e. The van der Waals surface area contributed by atoms with Crippen molar-refractivity contribution in [2.24, 2.45) is 11.8 Å². The van der Waals surface area contributed by atoms with Crippen LogP contribution in [0, 0.1) is 11.8 Å². The van der Waals surface area contributed by atoms with Crippen LogP contribution in [-0.4, -0.2) is 29.3 Å². The molecule has 0 bridgehead atoms. The summed E-state index contributed by atoms with van der Waals surface area (Å²) in [7, 11) is 0. The molecule has 0 saturated heterocycles. The zero-order chi connectivity index (χ0) is 20.2. The van der Waals surface area contributed by atoms with E-state index in [-0.39, 0.29) is 23.8 Å². The Balaban J connectivity index is 2.22. The second-order valence-corrected chi connectivity index (χ2v) is 8.41. The van der Waals surface area contributed by atoms with Crippen LogP contribution in [0.15, 0.2) is 24.3 Å². The number of ketones is 1. The van der Waals surface area contributed by atoms with Crippen molar-refractivity contribution in [3.05, 3.63) is 35.4 Å². The number of benzene rings is 1. The molecule has 1 saturated carbocycles. The Hall–Kier alpha value is -1.36. The fourth-order valence-corrected chi connectivity index (χ4v) is 4.01. The fraction of sp³-hybridized carbons (Fsp3) is 0.682. The highest BCUT2D eigenvalue weighted by atomic mass is 19.4. The molecule has 2 rings (SSSR count). The van der Waals surface area contributed by atoms with Gasteiger partial charge in [-0.25, -0.2) is 0 Å². The van der Waals surface area contributed by atoms with Crippen LogP contribution >= 0.6 is 0 Å². The van der Waals surface area contributed by atoms with Gasteiger partial charge >= 0.3 is 6.18 Å². The van der Waals surface area contributed by atoms with Gasteiger partial charge in [0.05, 0.1) is 11.6 Å². The summed E-state index contributed by atoms with van der Waals surface area (Å²) in [6, 6.07) is 5.18. The lowest BCUT2D eigenvalue weighted by Crippen LogP contribution is -2.49. The number of halogens is 3. The molecule has 1 fully saturated rings. The van der Waals surface area contributed by atoms with E-state index < -0.39 is 11.7 Å². The molecule has 1 aliphatic rings. The quantitative estimate of drug-likeness (QED) is 0.570. The van der Waals surface area contributed by atoms with E-state index in [1.165, 1.54) is 37.8 Å². The van der Waals surface area contributed by atoms with Gasteiger partial charge in [-0.05, 0) is 56.7 Å². The molecule has 1 atom stereocenters. The van der Waals surface area contributed by atoms with Crippen molar-refractivity contribution in [2.75, 3.05) is 6.54 Å². The Kier molecular flexibility index (Phi) is 7.49. The summed E-state index contributed by atoms with van der Waals surface area (Å²) in [6.07, 6.45) is 1.02. The van der Waals surface area contributed by atoms with Gasteiger partial charge in [-0.3, -0.25) is 9.69 Å². The van der Waals surface area contributed by atoms with Gasteiger partial charge in [-0.2, -0.15) is 13.2 Å². The average Bonchev–Trinajstić information content (AvgIpc) is 3.10. The van der Waals surface area contributed by atoms with E-state index in [2.05, 4.69) is 18.7 Å². The molecule has 0 spiro atoms. The van der Waals surface area contributed by atoms with Crippen molar-refractivity contribution in [3.8, 4) is 0 Å². The third kappa shape index (κ3) is 6.06. The van der Waals surface area contributed by atoms with Gasteiger partial charge in [0, 0.05) is 18.5 Å². The normalized spacial score (nSPS) is 17.3. The monoisotopic (exact) mass is 383 g/mol. The van der Waals surface area contributed by atoms with Crippen molar-refractivity contribution in [2.45, 2.75) is 78.1 Å².